The predicted molar refractivity (Wildman–Crippen MR) is 71.4 cm³/mol. The molecule has 0 aliphatic carbocycles. The van der Waals surface area contributed by atoms with E-state index in [-0.39, 0.29) is 11.9 Å². The molecule has 0 radical (unpaired) electrons. The van der Waals surface area contributed by atoms with Crippen LogP contribution in [0.2, 0.25) is 0 Å². The standard InChI is InChI=1S/C12H15BrFNS/c1-8(15-10-4-5-16-7-10)11-3-2-9(13)6-12(11)14/h2-3,6,8,10,15H,4-5,7H2,1H3. The normalized spacial score (nSPS) is 22.3. The van der Waals surface area contributed by atoms with E-state index >= 15 is 0 Å². The third-order valence-electron chi connectivity index (χ3n) is 2.84. The minimum absolute atomic E-state index is 0.0804. The van der Waals surface area contributed by atoms with E-state index in [2.05, 4.69) is 21.2 Å². The zero-order valence-corrected chi connectivity index (χ0v) is 11.6. The van der Waals surface area contributed by atoms with Gasteiger partial charge < -0.3 is 5.32 Å². The number of hydrogen-bond donors (Lipinski definition) is 1. The molecule has 0 spiro atoms. The molecule has 1 aliphatic heterocycles. The molecule has 2 atom stereocenters. The van der Waals surface area contributed by atoms with Crippen LogP contribution in [0.5, 0.6) is 0 Å². The van der Waals surface area contributed by atoms with Crippen LogP contribution < -0.4 is 5.32 Å². The largest absolute Gasteiger partial charge is 0.306 e. The quantitative estimate of drug-likeness (QED) is 0.913. The molecule has 1 aromatic carbocycles. The summed E-state index contributed by atoms with van der Waals surface area (Å²) in [7, 11) is 0. The second-order valence-electron chi connectivity index (χ2n) is 4.11. The van der Waals surface area contributed by atoms with E-state index in [1.807, 2.05) is 30.8 Å². The first-order valence-electron chi connectivity index (χ1n) is 5.45. The van der Waals surface area contributed by atoms with Crippen LogP contribution in [0.25, 0.3) is 0 Å². The fraction of sp³-hybridized carbons (Fsp3) is 0.500. The molecule has 0 bridgehead atoms. The maximum Gasteiger partial charge on any atom is 0.129 e. The number of rotatable bonds is 3. The summed E-state index contributed by atoms with van der Waals surface area (Å²) < 4.78 is 14.5. The molecule has 1 aliphatic rings. The highest BCUT2D eigenvalue weighted by Crippen LogP contribution is 2.24. The Morgan fingerprint density at radius 1 is 1.56 bits per heavy atom. The Kier molecular flexibility index (Phi) is 4.27. The summed E-state index contributed by atoms with van der Waals surface area (Å²) in [6.07, 6.45) is 1.19. The van der Waals surface area contributed by atoms with Crippen molar-refractivity contribution in [3.8, 4) is 0 Å². The van der Waals surface area contributed by atoms with Gasteiger partial charge in [0.2, 0.25) is 0 Å². The van der Waals surface area contributed by atoms with E-state index in [1.165, 1.54) is 18.2 Å². The van der Waals surface area contributed by atoms with Gasteiger partial charge in [-0.2, -0.15) is 11.8 Å². The summed E-state index contributed by atoms with van der Waals surface area (Å²) in [5.41, 5.74) is 0.750. The van der Waals surface area contributed by atoms with Crippen molar-refractivity contribution in [3.63, 3.8) is 0 Å². The summed E-state index contributed by atoms with van der Waals surface area (Å²) in [5.74, 6) is 2.22. The van der Waals surface area contributed by atoms with Gasteiger partial charge in [0.1, 0.15) is 5.82 Å². The first-order chi connectivity index (χ1) is 7.66. The molecule has 1 saturated heterocycles. The van der Waals surface area contributed by atoms with Crippen molar-refractivity contribution in [1.29, 1.82) is 0 Å². The molecular formula is C12H15BrFNS. The lowest BCUT2D eigenvalue weighted by atomic mass is 10.1. The molecule has 2 unspecified atom stereocenters. The number of halogens is 2. The molecule has 4 heteroatoms. The van der Waals surface area contributed by atoms with E-state index in [9.17, 15) is 4.39 Å². The average molecular weight is 304 g/mol. The molecule has 1 nitrogen and oxygen atoms in total. The maximum atomic E-state index is 13.7. The van der Waals surface area contributed by atoms with Gasteiger partial charge in [-0.15, -0.1) is 0 Å². The second kappa shape index (κ2) is 5.52. The van der Waals surface area contributed by atoms with Gasteiger partial charge in [-0.05, 0) is 31.2 Å². The Hall–Kier alpha value is -0.0600. The maximum absolute atomic E-state index is 13.7. The van der Waals surface area contributed by atoms with Crippen molar-refractivity contribution in [2.45, 2.75) is 25.4 Å². The van der Waals surface area contributed by atoms with Crippen LogP contribution in [0.3, 0.4) is 0 Å². The van der Waals surface area contributed by atoms with E-state index < -0.39 is 0 Å². The summed E-state index contributed by atoms with van der Waals surface area (Å²) in [6.45, 7) is 2.02. The molecular weight excluding hydrogens is 289 g/mol. The molecule has 1 fully saturated rings. The van der Waals surface area contributed by atoms with Crippen LogP contribution in [0.1, 0.15) is 24.9 Å². The van der Waals surface area contributed by atoms with Gasteiger partial charge in [-0.25, -0.2) is 4.39 Å². The molecule has 0 saturated carbocycles. The van der Waals surface area contributed by atoms with E-state index in [0.717, 1.165) is 15.8 Å². The Morgan fingerprint density at radius 2 is 2.38 bits per heavy atom. The highest BCUT2D eigenvalue weighted by Gasteiger charge is 2.19. The van der Waals surface area contributed by atoms with Crippen molar-refractivity contribution < 1.29 is 4.39 Å². The highest BCUT2D eigenvalue weighted by atomic mass is 79.9. The van der Waals surface area contributed by atoms with Gasteiger partial charge >= 0.3 is 0 Å². The first kappa shape index (κ1) is 12.4. The molecule has 0 amide bonds. The third-order valence-corrected chi connectivity index (χ3v) is 4.50. The van der Waals surface area contributed by atoms with Gasteiger partial charge in [-0.1, -0.05) is 22.0 Å². The lowest BCUT2D eigenvalue weighted by Crippen LogP contribution is -2.31. The van der Waals surface area contributed by atoms with Crippen molar-refractivity contribution in [2.75, 3.05) is 11.5 Å². The summed E-state index contributed by atoms with van der Waals surface area (Å²) in [4.78, 5) is 0. The fourth-order valence-corrected chi connectivity index (χ4v) is 3.46. The van der Waals surface area contributed by atoms with Crippen LogP contribution in [0.15, 0.2) is 22.7 Å². The second-order valence-corrected chi connectivity index (χ2v) is 6.18. The minimum atomic E-state index is -0.139. The minimum Gasteiger partial charge on any atom is -0.306 e. The smallest absolute Gasteiger partial charge is 0.129 e. The van der Waals surface area contributed by atoms with Crippen molar-refractivity contribution in [3.05, 3.63) is 34.1 Å². The number of benzene rings is 1. The molecule has 1 heterocycles. The summed E-state index contributed by atoms with van der Waals surface area (Å²) in [5, 5.41) is 3.48. The lowest BCUT2D eigenvalue weighted by Gasteiger charge is -2.19. The van der Waals surface area contributed by atoms with E-state index in [0.29, 0.717) is 6.04 Å². The van der Waals surface area contributed by atoms with Crippen molar-refractivity contribution in [1.82, 2.24) is 5.32 Å². The first-order valence-corrected chi connectivity index (χ1v) is 7.40. The fourth-order valence-electron chi connectivity index (χ4n) is 1.96. The SMILES string of the molecule is CC(NC1CCSC1)c1ccc(Br)cc1F. The van der Waals surface area contributed by atoms with Gasteiger partial charge in [0, 0.05) is 27.9 Å². The van der Waals surface area contributed by atoms with Crippen LogP contribution in [-0.2, 0) is 0 Å². The van der Waals surface area contributed by atoms with E-state index in [1.54, 1.807) is 0 Å². The Balaban J connectivity index is 2.04. The predicted octanol–water partition coefficient (Wildman–Crippen LogP) is 3.74. The molecule has 2 rings (SSSR count). The number of nitrogens with one attached hydrogen (secondary N) is 1. The third kappa shape index (κ3) is 2.99. The zero-order valence-electron chi connectivity index (χ0n) is 9.17. The molecule has 88 valence electrons. The van der Waals surface area contributed by atoms with Gasteiger partial charge in [-0.3, -0.25) is 0 Å². The van der Waals surface area contributed by atoms with Gasteiger partial charge in [0.15, 0.2) is 0 Å². The van der Waals surface area contributed by atoms with Crippen molar-refractivity contribution >= 4 is 27.7 Å². The molecule has 16 heavy (non-hydrogen) atoms. The van der Waals surface area contributed by atoms with E-state index in [4.69, 9.17) is 0 Å². The van der Waals surface area contributed by atoms with Gasteiger partial charge in [0.25, 0.3) is 0 Å². The molecule has 0 aromatic heterocycles. The van der Waals surface area contributed by atoms with Crippen molar-refractivity contribution in [2.24, 2.45) is 0 Å². The van der Waals surface area contributed by atoms with Gasteiger partial charge in [0.05, 0.1) is 0 Å². The van der Waals surface area contributed by atoms with Crippen LogP contribution in [0.4, 0.5) is 4.39 Å². The Labute approximate surface area is 108 Å². The monoisotopic (exact) mass is 303 g/mol. The average Bonchev–Trinajstić information content (AvgIpc) is 2.70. The topological polar surface area (TPSA) is 12.0 Å². The van der Waals surface area contributed by atoms with Crippen LogP contribution in [-0.4, -0.2) is 17.5 Å². The van der Waals surface area contributed by atoms with Crippen LogP contribution >= 0.6 is 27.7 Å². The number of thioether (sulfide) groups is 1. The Morgan fingerprint density at radius 3 is 3.00 bits per heavy atom. The molecule has 1 N–H and O–H groups in total. The Bertz CT molecular complexity index is 366. The lowest BCUT2D eigenvalue weighted by molar-refractivity contribution is 0.468. The molecule has 1 aromatic rings. The van der Waals surface area contributed by atoms with Crippen LogP contribution in [0, 0.1) is 5.82 Å². The summed E-state index contributed by atoms with van der Waals surface area (Å²) >= 11 is 5.23. The zero-order chi connectivity index (χ0) is 11.5. The summed E-state index contributed by atoms with van der Waals surface area (Å²) in [6, 6.07) is 5.87. The number of hydrogen-bond acceptors (Lipinski definition) is 2. The highest BCUT2D eigenvalue weighted by molar-refractivity contribution is 9.10.